The van der Waals surface area contributed by atoms with Crippen LogP contribution in [0.15, 0.2) is 16.9 Å². The zero-order valence-electron chi connectivity index (χ0n) is 9.95. The van der Waals surface area contributed by atoms with Gasteiger partial charge in [0.25, 0.3) is 0 Å². The number of hydrogen-bond donors (Lipinski definition) is 2. The van der Waals surface area contributed by atoms with Gasteiger partial charge in [-0.15, -0.1) is 0 Å². The van der Waals surface area contributed by atoms with Gasteiger partial charge in [0.2, 0.25) is 5.91 Å². The minimum Gasteiger partial charge on any atom is -0.364 e. The maximum absolute atomic E-state index is 11.6. The highest BCUT2D eigenvalue weighted by atomic mass is 16.5. The molecule has 0 atom stereocenters. The van der Waals surface area contributed by atoms with E-state index >= 15 is 0 Å². The first-order valence-corrected chi connectivity index (χ1v) is 6.21. The number of rotatable bonds is 5. The molecular formula is C12H19N3O2. The summed E-state index contributed by atoms with van der Waals surface area (Å²) in [5.74, 6) is 0.806. The molecule has 0 saturated carbocycles. The van der Waals surface area contributed by atoms with Gasteiger partial charge in [0, 0.05) is 12.5 Å². The summed E-state index contributed by atoms with van der Waals surface area (Å²) < 4.78 is 4.69. The van der Waals surface area contributed by atoms with Crippen LogP contribution in [-0.4, -0.2) is 24.2 Å². The molecule has 0 bridgehead atoms. The highest BCUT2D eigenvalue weighted by Crippen LogP contribution is 2.17. The van der Waals surface area contributed by atoms with Crippen LogP contribution in [0, 0.1) is 5.92 Å². The fraction of sp³-hybridized carbons (Fsp3) is 0.667. The summed E-state index contributed by atoms with van der Waals surface area (Å²) in [7, 11) is 0. The summed E-state index contributed by atoms with van der Waals surface area (Å²) in [5, 5.41) is 9.91. The van der Waals surface area contributed by atoms with Crippen LogP contribution >= 0.6 is 0 Å². The van der Waals surface area contributed by atoms with Crippen LogP contribution in [0.25, 0.3) is 0 Å². The fourth-order valence-electron chi connectivity index (χ4n) is 2.11. The number of aromatic nitrogens is 1. The van der Waals surface area contributed by atoms with Gasteiger partial charge in [-0.05, 0) is 38.3 Å². The summed E-state index contributed by atoms with van der Waals surface area (Å²) >= 11 is 0. The first-order valence-electron chi connectivity index (χ1n) is 6.21. The van der Waals surface area contributed by atoms with Crippen molar-refractivity contribution in [3.63, 3.8) is 0 Å². The molecule has 0 radical (unpaired) electrons. The minimum absolute atomic E-state index is 0.103. The molecular weight excluding hydrogens is 218 g/mol. The van der Waals surface area contributed by atoms with E-state index in [1.54, 1.807) is 6.07 Å². The molecule has 1 amide bonds. The van der Waals surface area contributed by atoms with E-state index in [4.69, 9.17) is 4.52 Å². The fourth-order valence-corrected chi connectivity index (χ4v) is 2.11. The number of nitrogens with zero attached hydrogens (tertiary/aromatic N) is 1. The van der Waals surface area contributed by atoms with E-state index in [9.17, 15) is 4.79 Å². The van der Waals surface area contributed by atoms with Crippen molar-refractivity contribution in [2.75, 3.05) is 13.1 Å². The maximum Gasteiger partial charge on any atom is 0.220 e. The molecule has 2 N–H and O–H groups in total. The summed E-state index contributed by atoms with van der Waals surface area (Å²) in [6, 6.07) is 1.76. The maximum atomic E-state index is 11.6. The van der Waals surface area contributed by atoms with Crippen LogP contribution in [0.3, 0.4) is 0 Å². The predicted molar refractivity (Wildman–Crippen MR) is 63.2 cm³/mol. The standard InChI is InChI=1S/C12H19N3O2/c16-12(14-9-11-5-8-17-15-11)2-1-10-3-6-13-7-4-10/h5,8,10,13H,1-4,6-7,9H2,(H,14,16). The summed E-state index contributed by atoms with van der Waals surface area (Å²) in [4.78, 5) is 11.6. The summed E-state index contributed by atoms with van der Waals surface area (Å²) in [6.45, 7) is 2.64. The Morgan fingerprint density at radius 2 is 2.35 bits per heavy atom. The van der Waals surface area contributed by atoms with E-state index in [-0.39, 0.29) is 5.91 Å². The number of hydrogen-bond acceptors (Lipinski definition) is 4. The zero-order valence-corrected chi connectivity index (χ0v) is 9.95. The van der Waals surface area contributed by atoms with Crippen molar-refractivity contribution in [1.82, 2.24) is 15.8 Å². The van der Waals surface area contributed by atoms with Crippen molar-refractivity contribution in [2.24, 2.45) is 5.92 Å². The predicted octanol–water partition coefficient (Wildman–Crippen LogP) is 1.07. The quantitative estimate of drug-likeness (QED) is 0.804. The summed E-state index contributed by atoms with van der Waals surface area (Å²) in [5.41, 5.74) is 0.764. The van der Waals surface area contributed by atoms with Crippen molar-refractivity contribution in [3.8, 4) is 0 Å². The molecule has 0 spiro atoms. The second-order valence-corrected chi connectivity index (χ2v) is 4.50. The molecule has 1 aliphatic rings. The second-order valence-electron chi connectivity index (χ2n) is 4.50. The Balaban J connectivity index is 1.60. The average molecular weight is 237 g/mol. The molecule has 5 heteroatoms. The Morgan fingerprint density at radius 3 is 3.06 bits per heavy atom. The lowest BCUT2D eigenvalue weighted by Gasteiger charge is -2.22. The van der Waals surface area contributed by atoms with Crippen molar-refractivity contribution in [1.29, 1.82) is 0 Å². The van der Waals surface area contributed by atoms with Gasteiger partial charge in [0.05, 0.1) is 6.54 Å². The van der Waals surface area contributed by atoms with E-state index in [1.807, 2.05) is 0 Å². The van der Waals surface area contributed by atoms with Gasteiger partial charge >= 0.3 is 0 Å². The molecule has 0 aliphatic carbocycles. The first-order chi connectivity index (χ1) is 8.34. The number of nitrogens with one attached hydrogen (secondary N) is 2. The lowest BCUT2D eigenvalue weighted by Crippen LogP contribution is -2.29. The van der Waals surface area contributed by atoms with Gasteiger partial charge in [-0.2, -0.15) is 0 Å². The van der Waals surface area contributed by atoms with E-state index in [1.165, 1.54) is 19.1 Å². The molecule has 1 aromatic rings. The Morgan fingerprint density at radius 1 is 1.53 bits per heavy atom. The van der Waals surface area contributed by atoms with Gasteiger partial charge in [0.1, 0.15) is 12.0 Å². The van der Waals surface area contributed by atoms with Gasteiger partial charge in [-0.1, -0.05) is 5.16 Å². The first kappa shape index (κ1) is 12.1. The van der Waals surface area contributed by atoms with Crippen molar-refractivity contribution in [2.45, 2.75) is 32.2 Å². The van der Waals surface area contributed by atoms with E-state index in [2.05, 4.69) is 15.8 Å². The highest BCUT2D eigenvalue weighted by Gasteiger charge is 2.14. The Kier molecular flexibility index (Phi) is 4.55. The van der Waals surface area contributed by atoms with Gasteiger partial charge in [0.15, 0.2) is 0 Å². The normalized spacial score (nSPS) is 16.9. The SMILES string of the molecule is O=C(CCC1CCNCC1)NCc1ccon1. The third-order valence-corrected chi connectivity index (χ3v) is 3.20. The molecule has 1 saturated heterocycles. The van der Waals surface area contributed by atoms with E-state index in [0.29, 0.717) is 18.9 Å². The van der Waals surface area contributed by atoms with E-state index < -0.39 is 0 Å². The van der Waals surface area contributed by atoms with Crippen LogP contribution in [0.4, 0.5) is 0 Å². The number of piperidine rings is 1. The van der Waals surface area contributed by atoms with Crippen LogP contribution < -0.4 is 10.6 Å². The third kappa shape index (κ3) is 4.19. The number of amides is 1. The molecule has 1 fully saturated rings. The van der Waals surface area contributed by atoms with Crippen molar-refractivity contribution >= 4 is 5.91 Å². The third-order valence-electron chi connectivity index (χ3n) is 3.20. The second kappa shape index (κ2) is 6.39. The number of carbonyl (C=O) groups is 1. The topological polar surface area (TPSA) is 67.2 Å². The van der Waals surface area contributed by atoms with Crippen molar-refractivity contribution in [3.05, 3.63) is 18.0 Å². The van der Waals surface area contributed by atoms with Crippen LogP contribution in [0.5, 0.6) is 0 Å². The monoisotopic (exact) mass is 237 g/mol. The molecule has 0 unspecified atom stereocenters. The average Bonchev–Trinajstić information content (AvgIpc) is 2.88. The number of carbonyl (C=O) groups excluding carboxylic acids is 1. The lowest BCUT2D eigenvalue weighted by molar-refractivity contribution is -0.121. The largest absolute Gasteiger partial charge is 0.364 e. The smallest absolute Gasteiger partial charge is 0.220 e. The highest BCUT2D eigenvalue weighted by molar-refractivity contribution is 5.75. The van der Waals surface area contributed by atoms with Gasteiger partial charge in [-0.25, -0.2) is 0 Å². The van der Waals surface area contributed by atoms with E-state index in [0.717, 1.165) is 25.2 Å². The minimum atomic E-state index is 0.103. The molecule has 0 aromatic carbocycles. The summed E-state index contributed by atoms with van der Waals surface area (Å²) in [6.07, 6.45) is 5.50. The lowest BCUT2D eigenvalue weighted by atomic mass is 9.93. The molecule has 2 rings (SSSR count). The van der Waals surface area contributed by atoms with Gasteiger partial charge in [-0.3, -0.25) is 4.79 Å². The van der Waals surface area contributed by atoms with Crippen LogP contribution in [-0.2, 0) is 11.3 Å². The molecule has 1 aliphatic heterocycles. The van der Waals surface area contributed by atoms with Crippen LogP contribution in [0.1, 0.15) is 31.4 Å². The molecule has 17 heavy (non-hydrogen) atoms. The Bertz CT molecular complexity index is 332. The molecule has 1 aromatic heterocycles. The Labute approximate surface area is 101 Å². The van der Waals surface area contributed by atoms with Crippen molar-refractivity contribution < 1.29 is 9.32 Å². The van der Waals surface area contributed by atoms with Gasteiger partial charge < -0.3 is 15.2 Å². The molecule has 94 valence electrons. The zero-order chi connectivity index (χ0) is 11.9. The molecule has 5 nitrogen and oxygen atoms in total. The molecule has 2 heterocycles. The Hall–Kier alpha value is -1.36. The van der Waals surface area contributed by atoms with Crippen LogP contribution in [0.2, 0.25) is 0 Å².